The molecule has 0 saturated heterocycles. The molecule has 0 fully saturated rings. The topological polar surface area (TPSA) is 69.4 Å². The van der Waals surface area contributed by atoms with Gasteiger partial charge in [-0.25, -0.2) is 8.42 Å². The lowest BCUT2D eigenvalue weighted by Crippen LogP contribution is -2.22. The molecule has 5 heteroatoms. The summed E-state index contributed by atoms with van der Waals surface area (Å²) in [6, 6.07) is 5.36. The molecule has 0 radical (unpaired) electrons. The molecule has 17 heavy (non-hydrogen) atoms. The Balaban J connectivity index is 2.61. The van der Waals surface area contributed by atoms with Crippen LogP contribution in [0.4, 0.5) is 5.69 Å². The molecule has 0 unspecified atom stereocenters. The predicted octanol–water partition coefficient (Wildman–Crippen LogP) is 1.78. The van der Waals surface area contributed by atoms with Crippen molar-refractivity contribution in [2.24, 2.45) is 0 Å². The van der Waals surface area contributed by atoms with Crippen LogP contribution in [0.1, 0.15) is 19.4 Å². The Morgan fingerprint density at radius 3 is 2.59 bits per heavy atom. The monoisotopic (exact) mass is 257 g/mol. The maximum absolute atomic E-state index is 11.6. The van der Waals surface area contributed by atoms with Crippen molar-refractivity contribution in [3.8, 4) is 5.75 Å². The van der Waals surface area contributed by atoms with Crippen LogP contribution in [0.2, 0.25) is 0 Å². The van der Waals surface area contributed by atoms with Crippen LogP contribution in [-0.2, 0) is 9.84 Å². The van der Waals surface area contributed by atoms with Gasteiger partial charge in [-0.3, -0.25) is 0 Å². The Kier molecular flexibility index (Phi) is 4.40. The van der Waals surface area contributed by atoms with E-state index in [4.69, 9.17) is 10.5 Å². The largest absolute Gasteiger partial charge is 0.492 e. The molecule has 0 heterocycles. The molecule has 0 saturated carbocycles. The summed E-state index contributed by atoms with van der Waals surface area (Å²) in [6.07, 6.45) is 0. The molecule has 0 aromatic heterocycles. The van der Waals surface area contributed by atoms with E-state index in [0.29, 0.717) is 11.4 Å². The van der Waals surface area contributed by atoms with Gasteiger partial charge < -0.3 is 10.5 Å². The minimum Gasteiger partial charge on any atom is -0.492 e. The van der Waals surface area contributed by atoms with Gasteiger partial charge in [-0.1, -0.05) is 6.07 Å². The second-order valence-corrected chi connectivity index (χ2v) is 6.91. The normalized spacial score (nSPS) is 11.8. The SMILES string of the molecule is Cc1c(N)cccc1OCCS(=O)(=O)C(C)C. The molecule has 1 aromatic carbocycles. The summed E-state index contributed by atoms with van der Waals surface area (Å²) in [5, 5.41) is -0.368. The van der Waals surface area contributed by atoms with Gasteiger partial charge in [-0.15, -0.1) is 0 Å². The summed E-state index contributed by atoms with van der Waals surface area (Å²) in [4.78, 5) is 0. The zero-order valence-corrected chi connectivity index (χ0v) is 11.3. The molecule has 0 aliphatic heterocycles. The summed E-state index contributed by atoms with van der Waals surface area (Å²) in [5.41, 5.74) is 7.22. The van der Waals surface area contributed by atoms with E-state index in [1.54, 1.807) is 32.0 Å². The fraction of sp³-hybridized carbons (Fsp3) is 0.500. The van der Waals surface area contributed by atoms with Crippen molar-refractivity contribution >= 4 is 15.5 Å². The summed E-state index contributed by atoms with van der Waals surface area (Å²) in [7, 11) is -3.05. The Hall–Kier alpha value is -1.23. The number of ether oxygens (including phenoxy) is 1. The standard InChI is InChI=1S/C12H19NO3S/c1-9(2)17(14,15)8-7-16-12-6-4-5-11(13)10(12)3/h4-6,9H,7-8,13H2,1-3H3. The van der Waals surface area contributed by atoms with Gasteiger partial charge in [-0.05, 0) is 32.9 Å². The van der Waals surface area contributed by atoms with Gasteiger partial charge in [0, 0.05) is 11.3 Å². The second kappa shape index (κ2) is 5.40. The van der Waals surface area contributed by atoms with E-state index in [0.717, 1.165) is 5.56 Å². The van der Waals surface area contributed by atoms with Gasteiger partial charge in [0.25, 0.3) is 0 Å². The number of nitrogen functional groups attached to an aromatic ring is 1. The van der Waals surface area contributed by atoms with Crippen LogP contribution < -0.4 is 10.5 Å². The first-order chi connectivity index (χ1) is 7.84. The fourth-order valence-corrected chi connectivity index (χ4v) is 2.08. The Morgan fingerprint density at radius 1 is 1.35 bits per heavy atom. The fourth-order valence-electron chi connectivity index (χ4n) is 1.29. The summed E-state index contributed by atoms with van der Waals surface area (Å²) < 4.78 is 28.6. The van der Waals surface area contributed by atoms with Crippen LogP contribution in [-0.4, -0.2) is 26.0 Å². The summed E-state index contributed by atoms with van der Waals surface area (Å²) in [5.74, 6) is 0.669. The van der Waals surface area contributed by atoms with Gasteiger partial charge in [0.2, 0.25) is 0 Å². The molecule has 0 aliphatic carbocycles. The smallest absolute Gasteiger partial charge is 0.155 e. The molecule has 0 aliphatic rings. The highest BCUT2D eigenvalue weighted by Gasteiger charge is 2.16. The predicted molar refractivity (Wildman–Crippen MR) is 70.0 cm³/mol. The highest BCUT2D eigenvalue weighted by molar-refractivity contribution is 7.91. The van der Waals surface area contributed by atoms with Crippen LogP contribution in [0.5, 0.6) is 5.75 Å². The van der Waals surface area contributed by atoms with Crippen LogP contribution in [0.15, 0.2) is 18.2 Å². The minimum absolute atomic E-state index is 0.0267. The molecular weight excluding hydrogens is 238 g/mol. The van der Waals surface area contributed by atoms with Gasteiger partial charge >= 0.3 is 0 Å². The maximum Gasteiger partial charge on any atom is 0.155 e. The number of hydrogen-bond acceptors (Lipinski definition) is 4. The first kappa shape index (κ1) is 13.8. The van der Waals surface area contributed by atoms with E-state index in [2.05, 4.69) is 0 Å². The van der Waals surface area contributed by atoms with E-state index in [1.807, 2.05) is 6.92 Å². The van der Waals surface area contributed by atoms with Crippen molar-refractivity contribution in [1.29, 1.82) is 0 Å². The van der Waals surface area contributed by atoms with Crippen LogP contribution in [0, 0.1) is 6.92 Å². The molecule has 1 rings (SSSR count). The third kappa shape index (κ3) is 3.63. The van der Waals surface area contributed by atoms with Gasteiger partial charge in [0.05, 0.1) is 11.0 Å². The van der Waals surface area contributed by atoms with Crippen molar-refractivity contribution in [2.45, 2.75) is 26.0 Å². The van der Waals surface area contributed by atoms with Gasteiger partial charge in [0.1, 0.15) is 12.4 Å². The number of sulfone groups is 1. The van der Waals surface area contributed by atoms with Crippen LogP contribution in [0.3, 0.4) is 0 Å². The summed E-state index contributed by atoms with van der Waals surface area (Å²) in [6.45, 7) is 5.34. The maximum atomic E-state index is 11.6. The highest BCUT2D eigenvalue weighted by atomic mass is 32.2. The average Bonchev–Trinajstić information content (AvgIpc) is 2.24. The van der Waals surface area contributed by atoms with Crippen LogP contribution >= 0.6 is 0 Å². The second-order valence-electron chi connectivity index (χ2n) is 4.23. The molecule has 0 bridgehead atoms. The van der Waals surface area contributed by atoms with Crippen molar-refractivity contribution < 1.29 is 13.2 Å². The zero-order valence-electron chi connectivity index (χ0n) is 10.4. The lowest BCUT2D eigenvalue weighted by Gasteiger charge is -2.12. The lowest BCUT2D eigenvalue weighted by atomic mass is 10.2. The third-order valence-electron chi connectivity index (χ3n) is 2.67. The molecule has 96 valence electrons. The minimum atomic E-state index is -3.05. The van der Waals surface area contributed by atoms with Gasteiger partial charge in [0.15, 0.2) is 9.84 Å². The van der Waals surface area contributed by atoms with Crippen LogP contribution in [0.25, 0.3) is 0 Å². The quantitative estimate of drug-likeness (QED) is 0.816. The number of benzene rings is 1. The average molecular weight is 257 g/mol. The van der Waals surface area contributed by atoms with Crippen molar-refractivity contribution in [2.75, 3.05) is 18.1 Å². The van der Waals surface area contributed by atoms with Crippen molar-refractivity contribution in [3.05, 3.63) is 23.8 Å². The lowest BCUT2D eigenvalue weighted by molar-refractivity contribution is 0.338. The summed E-state index contributed by atoms with van der Waals surface area (Å²) >= 11 is 0. The van der Waals surface area contributed by atoms with E-state index in [1.165, 1.54) is 0 Å². The van der Waals surface area contributed by atoms with E-state index in [9.17, 15) is 8.42 Å². The molecule has 0 atom stereocenters. The van der Waals surface area contributed by atoms with E-state index < -0.39 is 9.84 Å². The third-order valence-corrected chi connectivity index (χ3v) is 4.84. The zero-order chi connectivity index (χ0) is 13.1. The van der Waals surface area contributed by atoms with Crippen molar-refractivity contribution in [3.63, 3.8) is 0 Å². The van der Waals surface area contributed by atoms with Gasteiger partial charge in [-0.2, -0.15) is 0 Å². The molecule has 4 nitrogen and oxygen atoms in total. The van der Waals surface area contributed by atoms with E-state index in [-0.39, 0.29) is 17.6 Å². The molecule has 0 amide bonds. The Morgan fingerprint density at radius 2 is 2.00 bits per heavy atom. The van der Waals surface area contributed by atoms with E-state index >= 15 is 0 Å². The number of hydrogen-bond donors (Lipinski definition) is 1. The number of rotatable bonds is 5. The van der Waals surface area contributed by atoms with Crippen molar-refractivity contribution in [1.82, 2.24) is 0 Å². The molecule has 2 N–H and O–H groups in total. The number of nitrogens with two attached hydrogens (primary N) is 1. The Bertz CT molecular complexity index is 481. The first-order valence-corrected chi connectivity index (χ1v) is 7.25. The number of anilines is 1. The highest BCUT2D eigenvalue weighted by Crippen LogP contribution is 2.22. The first-order valence-electron chi connectivity index (χ1n) is 5.54. The molecular formula is C12H19NO3S. The molecule has 0 spiro atoms. The Labute approximate surface area is 103 Å². The molecule has 1 aromatic rings.